The minimum atomic E-state index is -0.769. The number of benzene rings is 2. The van der Waals surface area contributed by atoms with Gasteiger partial charge in [-0.3, -0.25) is 9.69 Å². The summed E-state index contributed by atoms with van der Waals surface area (Å²) in [7, 11) is 1.70. The number of likely N-dealkylation sites (N-methyl/N-ethyl adjacent to an activating group) is 1. The van der Waals surface area contributed by atoms with Gasteiger partial charge in [0.2, 0.25) is 5.91 Å². The Bertz CT molecular complexity index is 1130. The molecule has 2 N–H and O–H groups in total. The van der Waals surface area contributed by atoms with Crippen LogP contribution in [0.5, 0.6) is 0 Å². The minimum absolute atomic E-state index is 0.0341. The molecular weight excluding hydrogens is 402 g/mol. The van der Waals surface area contributed by atoms with Gasteiger partial charge in [-0.25, -0.2) is 4.99 Å². The predicted molar refractivity (Wildman–Crippen MR) is 129 cm³/mol. The summed E-state index contributed by atoms with van der Waals surface area (Å²) in [5, 5.41) is 2.13. The summed E-state index contributed by atoms with van der Waals surface area (Å²) in [4.78, 5) is 20.8. The van der Waals surface area contributed by atoms with Crippen molar-refractivity contribution in [2.45, 2.75) is 44.6 Å². The number of amides is 1. The van der Waals surface area contributed by atoms with Crippen molar-refractivity contribution in [2.24, 2.45) is 10.7 Å². The molecule has 2 atom stereocenters. The van der Waals surface area contributed by atoms with Crippen LogP contribution in [0.4, 0.5) is 0 Å². The Hall–Kier alpha value is -2.92. The number of carbonyl (C=O) groups excluding carboxylic acids is 1. The quantitative estimate of drug-likeness (QED) is 0.595. The molecule has 2 heterocycles. The van der Waals surface area contributed by atoms with Gasteiger partial charge in [0.15, 0.2) is 5.96 Å². The average molecular weight is 432 g/mol. The molecule has 1 amide bonds. The zero-order chi connectivity index (χ0) is 22.4. The topological polar surface area (TPSA) is 58.7 Å². The first-order valence-electron chi connectivity index (χ1n) is 10.5. The summed E-state index contributed by atoms with van der Waals surface area (Å²) in [6.07, 6.45) is 0. The molecule has 1 aromatic heterocycles. The smallest absolute Gasteiger partial charge is 0.239 e. The van der Waals surface area contributed by atoms with E-state index in [1.807, 2.05) is 25.1 Å². The van der Waals surface area contributed by atoms with Crippen LogP contribution in [0, 0.1) is 0 Å². The predicted octanol–water partition coefficient (Wildman–Crippen LogP) is 5.50. The highest BCUT2D eigenvalue weighted by atomic mass is 32.1. The maximum atomic E-state index is 13.5. The molecule has 0 radical (unpaired) electrons. The standard InChI is InChI=1S/C26H29N3OS/c1-25(2,3)20-13-11-18(12-14-20)22-23(30)29(5)24(27)28-26(22,4)21-15-19(16-31-21)17-9-7-6-8-10-17/h6-16,22H,1-5H3,(H2,27,28). The number of rotatable bonds is 3. The van der Waals surface area contributed by atoms with Gasteiger partial charge < -0.3 is 5.73 Å². The van der Waals surface area contributed by atoms with Crippen LogP contribution in [0.15, 0.2) is 71.0 Å². The lowest BCUT2D eigenvalue weighted by Crippen LogP contribution is -2.52. The molecule has 0 bridgehead atoms. The molecule has 2 aromatic carbocycles. The number of aliphatic imine (C=N–C) groups is 1. The normalized spacial score (nSPS) is 21.8. The zero-order valence-electron chi connectivity index (χ0n) is 18.7. The van der Waals surface area contributed by atoms with Crippen molar-refractivity contribution in [3.8, 4) is 11.1 Å². The third kappa shape index (κ3) is 3.79. The van der Waals surface area contributed by atoms with Crippen LogP contribution in [0.25, 0.3) is 11.1 Å². The van der Waals surface area contributed by atoms with Crippen LogP contribution in [-0.2, 0) is 15.7 Å². The maximum absolute atomic E-state index is 13.5. The summed E-state index contributed by atoms with van der Waals surface area (Å²) < 4.78 is 0. The van der Waals surface area contributed by atoms with Gasteiger partial charge in [-0.1, -0.05) is 75.4 Å². The van der Waals surface area contributed by atoms with Crippen LogP contribution in [0.3, 0.4) is 0 Å². The molecule has 4 rings (SSSR count). The van der Waals surface area contributed by atoms with Gasteiger partial charge in [0.1, 0.15) is 5.54 Å². The van der Waals surface area contributed by atoms with E-state index in [1.54, 1.807) is 18.4 Å². The van der Waals surface area contributed by atoms with Crippen LogP contribution in [0.2, 0.25) is 0 Å². The molecule has 4 nitrogen and oxygen atoms in total. The first kappa shape index (κ1) is 21.3. The number of thiophene rings is 1. The molecule has 1 aliphatic heterocycles. The Balaban J connectivity index is 1.81. The first-order chi connectivity index (χ1) is 14.6. The Labute approximate surface area is 188 Å². The minimum Gasteiger partial charge on any atom is -0.369 e. The van der Waals surface area contributed by atoms with Gasteiger partial charge in [0.05, 0.1) is 5.92 Å². The molecule has 3 aromatic rings. The maximum Gasteiger partial charge on any atom is 0.239 e. The molecule has 0 aliphatic carbocycles. The zero-order valence-corrected chi connectivity index (χ0v) is 19.5. The lowest BCUT2D eigenvalue weighted by molar-refractivity contribution is -0.130. The Morgan fingerprint density at radius 1 is 1.03 bits per heavy atom. The van der Waals surface area contributed by atoms with E-state index in [0.717, 1.165) is 21.6 Å². The van der Waals surface area contributed by atoms with Crippen molar-refractivity contribution in [3.05, 3.63) is 82.0 Å². The van der Waals surface area contributed by atoms with Crippen molar-refractivity contribution >= 4 is 23.2 Å². The second-order valence-corrected chi connectivity index (χ2v) is 10.3. The molecule has 5 heteroatoms. The fourth-order valence-electron chi connectivity index (χ4n) is 4.15. The number of guanidine groups is 1. The van der Waals surface area contributed by atoms with Crippen molar-refractivity contribution in [3.63, 3.8) is 0 Å². The number of nitrogens with two attached hydrogens (primary N) is 1. The van der Waals surface area contributed by atoms with Crippen LogP contribution in [-0.4, -0.2) is 23.8 Å². The Morgan fingerprint density at radius 3 is 2.29 bits per heavy atom. The van der Waals surface area contributed by atoms with Gasteiger partial charge in [0, 0.05) is 11.9 Å². The number of nitrogens with zero attached hydrogens (tertiary/aromatic N) is 2. The van der Waals surface area contributed by atoms with Crippen molar-refractivity contribution in [1.29, 1.82) is 0 Å². The summed E-state index contributed by atoms with van der Waals surface area (Å²) >= 11 is 1.63. The summed E-state index contributed by atoms with van der Waals surface area (Å²) in [6.45, 7) is 8.59. The first-order valence-corrected chi connectivity index (χ1v) is 11.4. The lowest BCUT2D eigenvalue weighted by Gasteiger charge is -2.40. The Morgan fingerprint density at radius 2 is 1.68 bits per heavy atom. The van der Waals surface area contributed by atoms with Crippen LogP contribution >= 0.6 is 11.3 Å². The third-order valence-corrected chi connectivity index (χ3v) is 7.30. The fraction of sp³-hybridized carbons (Fsp3) is 0.308. The van der Waals surface area contributed by atoms with E-state index in [-0.39, 0.29) is 17.3 Å². The highest BCUT2D eigenvalue weighted by molar-refractivity contribution is 7.10. The number of hydrogen-bond acceptors (Lipinski definition) is 4. The average Bonchev–Trinajstić information content (AvgIpc) is 3.24. The monoisotopic (exact) mass is 431 g/mol. The Kier molecular flexibility index (Phi) is 5.26. The van der Waals surface area contributed by atoms with E-state index in [9.17, 15) is 4.79 Å². The van der Waals surface area contributed by atoms with Crippen molar-refractivity contribution in [2.75, 3.05) is 7.05 Å². The van der Waals surface area contributed by atoms with E-state index in [0.29, 0.717) is 0 Å². The van der Waals surface area contributed by atoms with Gasteiger partial charge in [-0.15, -0.1) is 11.3 Å². The van der Waals surface area contributed by atoms with E-state index < -0.39 is 11.5 Å². The lowest BCUT2D eigenvalue weighted by atomic mass is 9.76. The molecule has 0 saturated carbocycles. The van der Waals surface area contributed by atoms with Crippen LogP contribution in [0.1, 0.15) is 49.6 Å². The van der Waals surface area contributed by atoms with Crippen molar-refractivity contribution in [1.82, 2.24) is 4.90 Å². The number of hydrogen-bond donors (Lipinski definition) is 1. The summed E-state index contributed by atoms with van der Waals surface area (Å²) in [5.74, 6) is -0.223. The van der Waals surface area contributed by atoms with E-state index in [1.165, 1.54) is 10.5 Å². The highest BCUT2D eigenvalue weighted by Crippen LogP contribution is 2.47. The SMILES string of the molecule is CN1C(=O)C(c2ccc(C(C)(C)C)cc2)C(C)(c2cc(-c3ccccc3)cs2)N=C1N. The molecule has 1 aliphatic rings. The summed E-state index contributed by atoms with van der Waals surface area (Å²) in [6, 6.07) is 20.8. The molecule has 31 heavy (non-hydrogen) atoms. The molecule has 0 fully saturated rings. The molecular formula is C26H29N3OS. The number of carbonyl (C=O) groups is 1. The van der Waals surface area contributed by atoms with Gasteiger partial charge in [0.25, 0.3) is 0 Å². The molecule has 0 spiro atoms. The van der Waals surface area contributed by atoms with E-state index in [2.05, 4.69) is 68.6 Å². The molecule has 160 valence electrons. The second-order valence-electron chi connectivity index (χ2n) is 9.39. The van der Waals surface area contributed by atoms with Crippen LogP contribution < -0.4 is 5.73 Å². The van der Waals surface area contributed by atoms with Gasteiger partial charge in [-0.2, -0.15) is 0 Å². The second kappa shape index (κ2) is 7.65. The fourth-order valence-corrected chi connectivity index (χ4v) is 5.20. The van der Waals surface area contributed by atoms with E-state index >= 15 is 0 Å². The highest BCUT2D eigenvalue weighted by Gasteiger charge is 2.48. The van der Waals surface area contributed by atoms with E-state index in [4.69, 9.17) is 10.7 Å². The third-order valence-electron chi connectivity index (χ3n) is 6.15. The molecule has 0 saturated heterocycles. The van der Waals surface area contributed by atoms with Gasteiger partial charge >= 0.3 is 0 Å². The largest absolute Gasteiger partial charge is 0.369 e. The van der Waals surface area contributed by atoms with Crippen molar-refractivity contribution < 1.29 is 4.79 Å². The summed E-state index contributed by atoms with van der Waals surface area (Å²) in [5.41, 5.74) is 9.93. The molecule has 2 unspecified atom stereocenters. The van der Waals surface area contributed by atoms with Gasteiger partial charge in [-0.05, 0) is 46.0 Å².